The van der Waals surface area contributed by atoms with Crippen molar-refractivity contribution < 1.29 is 9.59 Å². The Labute approximate surface area is 158 Å². The summed E-state index contributed by atoms with van der Waals surface area (Å²) in [6.07, 6.45) is 2.02. The number of hydrogen-bond acceptors (Lipinski definition) is 4. The molecule has 0 unspecified atom stereocenters. The Hall–Kier alpha value is -3.20. The first kappa shape index (κ1) is 18.6. The van der Waals surface area contributed by atoms with Gasteiger partial charge in [-0.1, -0.05) is 12.1 Å². The Kier molecular flexibility index (Phi) is 5.22. The van der Waals surface area contributed by atoms with Gasteiger partial charge in [-0.2, -0.15) is 5.26 Å². The summed E-state index contributed by atoms with van der Waals surface area (Å²) in [6.45, 7) is 5.75. The topological polar surface area (TPSA) is 94.9 Å². The fourth-order valence-electron chi connectivity index (χ4n) is 2.84. The standard InChI is InChI=1S/C21H22N4O2/c1-12-13(2)18(10-22)20(24-14(12)3)15-4-6-16(7-5-15)21(27)23-11-19(26)25-17-8-9-17/h4-7,17H,8-9,11H2,1-3H3,(H,23,27)(H,25,26). The lowest BCUT2D eigenvalue weighted by atomic mass is 9.97. The third kappa shape index (κ3) is 4.14. The second kappa shape index (κ2) is 7.58. The van der Waals surface area contributed by atoms with Gasteiger partial charge in [0.15, 0.2) is 0 Å². The van der Waals surface area contributed by atoms with E-state index in [0.717, 1.165) is 35.2 Å². The summed E-state index contributed by atoms with van der Waals surface area (Å²) in [6, 6.07) is 9.41. The smallest absolute Gasteiger partial charge is 0.251 e. The molecule has 1 heterocycles. The number of nitrogens with zero attached hydrogens (tertiary/aromatic N) is 2. The largest absolute Gasteiger partial charge is 0.352 e. The molecule has 138 valence electrons. The summed E-state index contributed by atoms with van der Waals surface area (Å²) >= 11 is 0. The number of aromatic nitrogens is 1. The first-order valence-electron chi connectivity index (χ1n) is 8.96. The molecule has 1 aromatic heterocycles. The molecule has 1 aliphatic rings. The summed E-state index contributed by atoms with van der Waals surface area (Å²) in [4.78, 5) is 28.4. The zero-order valence-electron chi connectivity index (χ0n) is 15.7. The molecule has 6 heteroatoms. The van der Waals surface area contributed by atoms with Gasteiger partial charge in [0.25, 0.3) is 5.91 Å². The summed E-state index contributed by atoms with van der Waals surface area (Å²) in [5.41, 5.74) is 5.21. The molecular formula is C21H22N4O2. The normalized spacial score (nSPS) is 13.0. The molecule has 1 aromatic carbocycles. The van der Waals surface area contributed by atoms with E-state index in [-0.39, 0.29) is 24.4 Å². The molecule has 2 amide bonds. The molecule has 2 N–H and O–H groups in total. The minimum atomic E-state index is -0.308. The van der Waals surface area contributed by atoms with E-state index in [1.165, 1.54) is 0 Å². The first-order chi connectivity index (χ1) is 12.9. The molecule has 0 saturated heterocycles. The van der Waals surface area contributed by atoms with Crippen LogP contribution in [0, 0.1) is 32.1 Å². The van der Waals surface area contributed by atoms with Gasteiger partial charge in [0.2, 0.25) is 5.91 Å². The van der Waals surface area contributed by atoms with Crippen LogP contribution in [0.4, 0.5) is 0 Å². The Balaban J connectivity index is 1.74. The zero-order valence-corrected chi connectivity index (χ0v) is 15.7. The average Bonchev–Trinajstić information content (AvgIpc) is 3.48. The van der Waals surface area contributed by atoms with Crippen molar-refractivity contribution in [3.63, 3.8) is 0 Å². The average molecular weight is 362 g/mol. The van der Waals surface area contributed by atoms with Gasteiger partial charge in [0.1, 0.15) is 6.07 Å². The van der Waals surface area contributed by atoms with E-state index in [2.05, 4.69) is 21.7 Å². The van der Waals surface area contributed by atoms with Crippen LogP contribution in [0.2, 0.25) is 0 Å². The number of pyridine rings is 1. The molecule has 27 heavy (non-hydrogen) atoms. The van der Waals surface area contributed by atoms with Crippen molar-refractivity contribution in [3.05, 3.63) is 52.2 Å². The van der Waals surface area contributed by atoms with Crippen molar-refractivity contribution in [1.82, 2.24) is 15.6 Å². The van der Waals surface area contributed by atoms with E-state index < -0.39 is 0 Å². The lowest BCUT2D eigenvalue weighted by Gasteiger charge is -2.12. The number of hydrogen-bond donors (Lipinski definition) is 2. The minimum Gasteiger partial charge on any atom is -0.352 e. The van der Waals surface area contributed by atoms with Crippen LogP contribution < -0.4 is 10.6 Å². The number of nitriles is 1. The predicted molar refractivity (Wildman–Crippen MR) is 102 cm³/mol. The van der Waals surface area contributed by atoms with Crippen LogP contribution in [-0.2, 0) is 4.79 Å². The summed E-state index contributed by atoms with van der Waals surface area (Å²) in [7, 11) is 0. The van der Waals surface area contributed by atoms with Crippen LogP contribution in [0.5, 0.6) is 0 Å². The number of amides is 2. The van der Waals surface area contributed by atoms with E-state index in [1.54, 1.807) is 24.3 Å². The first-order valence-corrected chi connectivity index (χ1v) is 8.96. The number of carbonyl (C=O) groups excluding carboxylic acids is 2. The second-order valence-electron chi connectivity index (χ2n) is 6.88. The fraction of sp³-hybridized carbons (Fsp3) is 0.333. The van der Waals surface area contributed by atoms with Crippen molar-refractivity contribution in [2.75, 3.05) is 6.54 Å². The molecule has 0 spiro atoms. The lowest BCUT2D eigenvalue weighted by Crippen LogP contribution is -2.37. The lowest BCUT2D eigenvalue weighted by molar-refractivity contribution is -0.120. The molecule has 1 aliphatic carbocycles. The van der Waals surface area contributed by atoms with Crippen molar-refractivity contribution in [1.29, 1.82) is 5.26 Å². The number of nitrogens with one attached hydrogen (secondary N) is 2. The number of carbonyl (C=O) groups is 2. The maximum absolute atomic E-state index is 12.2. The fourth-order valence-corrected chi connectivity index (χ4v) is 2.84. The summed E-state index contributed by atoms with van der Waals surface area (Å²) in [5.74, 6) is -0.479. The third-order valence-corrected chi connectivity index (χ3v) is 4.88. The molecule has 1 fully saturated rings. The Morgan fingerprint density at radius 3 is 2.41 bits per heavy atom. The minimum absolute atomic E-state index is 0.0342. The van der Waals surface area contributed by atoms with E-state index in [0.29, 0.717) is 16.8 Å². The maximum Gasteiger partial charge on any atom is 0.251 e. The number of benzene rings is 1. The predicted octanol–water partition coefficient (Wildman–Crippen LogP) is 2.55. The molecule has 0 atom stereocenters. The van der Waals surface area contributed by atoms with Crippen LogP contribution in [0.1, 0.15) is 45.6 Å². The van der Waals surface area contributed by atoms with Gasteiger partial charge in [0, 0.05) is 22.9 Å². The molecule has 1 saturated carbocycles. The van der Waals surface area contributed by atoms with Gasteiger partial charge >= 0.3 is 0 Å². The number of rotatable bonds is 5. The van der Waals surface area contributed by atoms with Gasteiger partial charge < -0.3 is 10.6 Å². The molecule has 3 rings (SSSR count). The van der Waals surface area contributed by atoms with Crippen molar-refractivity contribution >= 4 is 11.8 Å². The SMILES string of the molecule is Cc1nc(-c2ccc(C(=O)NCC(=O)NC3CC3)cc2)c(C#N)c(C)c1C. The quantitative estimate of drug-likeness (QED) is 0.854. The zero-order chi connectivity index (χ0) is 19.6. The van der Waals surface area contributed by atoms with Gasteiger partial charge in [-0.3, -0.25) is 14.6 Å². The van der Waals surface area contributed by atoms with Crippen molar-refractivity contribution in [2.24, 2.45) is 0 Å². The van der Waals surface area contributed by atoms with Crippen LogP contribution in [-0.4, -0.2) is 29.4 Å². The third-order valence-electron chi connectivity index (χ3n) is 4.88. The Bertz CT molecular complexity index is 938. The van der Waals surface area contributed by atoms with Gasteiger partial charge in [-0.05, 0) is 56.9 Å². The molecule has 0 radical (unpaired) electrons. The highest BCUT2D eigenvalue weighted by atomic mass is 16.2. The highest BCUT2D eigenvalue weighted by Gasteiger charge is 2.23. The maximum atomic E-state index is 12.2. The van der Waals surface area contributed by atoms with Gasteiger partial charge in [-0.25, -0.2) is 0 Å². The van der Waals surface area contributed by atoms with Gasteiger partial charge in [-0.15, -0.1) is 0 Å². The van der Waals surface area contributed by atoms with Crippen molar-refractivity contribution in [3.8, 4) is 17.3 Å². The Morgan fingerprint density at radius 1 is 1.15 bits per heavy atom. The van der Waals surface area contributed by atoms with E-state index in [4.69, 9.17) is 0 Å². The molecule has 0 aliphatic heterocycles. The van der Waals surface area contributed by atoms with Crippen LogP contribution in [0.25, 0.3) is 11.3 Å². The molecule has 0 bridgehead atoms. The van der Waals surface area contributed by atoms with Crippen LogP contribution in [0.3, 0.4) is 0 Å². The second-order valence-corrected chi connectivity index (χ2v) is 6.88. The van der Waals surface area contributed by atoms with Crippen LogP contribution >= 0.6 is 0 Å². The molecule has 6 nitrogen and oxygen atoms in total. The van der Waals surface area contributed by atoms with E-state index >= 15 is 0 Å². The summed E-state index contributed by atoms with van der Waals surface area (Å²) in [5, 5.41) is 15.0. The molecular weight excluding hydrogens is 340 g/mol. The highest BCUT2D eigenvalue weighted by Crippen LogP contribution is 2.27. The van der Waals surface area contributed by atoms with E-state index in [1.807, 2.05) is 20.8 Å². The Morgan fingerprint density at radius 2 is 1.81 bits per heavy atom. The highest BCUT2D eigenvalue weighted by molar-refractivity contribution is 5.96. The summed E-state index contributed by atoms with van der Waals surface area (Å²) < 4.78 is 0. The molecule has 2 aromatic rings. The van der Waals surface area contributed by atoms with Crippen LogP contribution in [0.15, 0.2) is 24.3 Å². The van der Waals surface area contributed by atoms with Crippen molar-refractivity contribution in [2.45, 2.75) is 39.7 Å². The monoisotopic (exact) mass is 362 g/mol. The van der Waals surface area contributed by atoms with E-state index in [9.17, 15) is 14.9 Å². The van der Waals surface area contributed by atoms with Gasteiger partial charge in [0.05, 0.1) is 17.8 Å². The number of aryl methyl sites for hydroxylation is 1.